The molecular formula is C13H19NO3S. The van der Waals surface area contributed by atoms with Gasteiger partial charge in [0.2, 0.25) is 0 Å². The smallest absolute Gasteiger partial charge is 0.158 e. The molecule has 1 heterocycles. The largest absolute Gasteiger partial charge is 0.297 e. The van der Waals surface area contributed by atoms with Gasteiger partial charge in [0.15, 0.2) is 15.6 Å². The van der Waals surface area contributed by atoms with Crippen LogP contribution in [-0.2, 0) is 14.6 Å². The molecule has 0 N–H and O–H groups in total. The van der Waals surface area contributed by atoms with E-state index in [4.69, 9.17) is 0 Å². The Balaban J connectivity index is 2.38. The van der Waals surface area contributed by atoms with Crippen LogP contribution in [0.5, 0.6) is 0 Å². The van der Waals surface area contributed by atoms with Crippen LogP contribution in [0.15, 0.2) is 0 Å². The van der Waals surface area contributed by atoms with Crippen LogP contribution in [0, 0.1) is 28.1 Å². The summed E-state index contributed by atoms with van der Waals surface area (Å²) in [5, 5.41) is 9.51. The molecule has 0 aromatic heterocycles. The standard InChI is InChI=1S/C13H19NO3S/c1-12(2)5-3-6-13(9-14,11(12)15)10-4-7-18(16,17)8-10/h10H,3-8H2,1-2H3. The lowest BCUT2D eigenvalue weighted by atomic mass is 9.58. The third-order valence-corrected chi connectivity index (χ3v) is 6.29. The van der Waals surface area contributed by atoms with Crippen LogP contribution >= 0.6 is 0 Å². The molecule has 0 bridgehead atoms. The second-order valence-corrected chi connectivity index (χ2v) is 8.48. The monoisotopic (exact) mass is 269 g/mol. The summed E-state index contributed by atoms with van der Waals surface area (Å²) in [6.45, 7) is 3.73. The van der Waals surface area contributed by atoms with Crippen molar-refractivity contribution in [1.29, 1.82) is 5.26 Å². The lowest BCUT2D eigenvalue weighted by molar-refractivity contribution is -0.140. The molecule has 2 fully saturated rings. The van der Waals surface area contributed by atoms with Crippen molar-refractivity contribution in [1.82, 2.24) is 0 Å². The first kappa shape index (κ1) is 13.5. The van der Waals surface area contributed by atoms with Gasteiger partial charge in [0.1, 0.15) is 5.41 Å². The second-order valence-electron chi connectivity index (χ2n) is 6.25. The van der Waals surface area contributed by atoms with Gasteiger partial charge in [-0.25, -0.2) is 8.42 Å². The molecule has 2 unspecified atom stereocenters. The average Bonchev–Trinajstić information content (AvgIpc) is 2.64. The topological polar surface area (TPSA) is 75.0 Å². The van der Waals surface area contributed by atoms with E-state index in [0.717, 1.165) is 12.8 Å². The lowest BCUT2D eigenvalue weighted by Crippen LogP contribution is -2.48. The van der Waals surface area contributed by atoms with Crippen LogP contribution in [-0.4, -0.2) is 25.7 Å². The quantitative estimate of drug-likeness (QED) is 0.726. The molecule has 0 aromatic rings. The minimum atomic E-state index is -3.06. The maximum atomic E-state index is 12.6. The maximum Gasteiger partial charge on any atom is 0.158 e. The molecule has 1 aliphatic heterocycles. The first-order chi connectivity index (χ1) is 8.23. The number of Topliss-reactive ketones (excluding diaryl/α,β-unsaturated/α-hetero) is 1. The molecule has 2 aliphatic rings. The third kappa shape index (κ3) is 1.97. The predicted octanol–water partition coefficient (Wildman–Crippen LogP) is 1.71. The summed E-state index contributed by atoms with van der Waals surface area (Å²) in [6.07, 6.45) is 2.58. The van der Waals surface area contributed by atoms with Crippen molar-refractivity contribution in [3.63, 3.8) is 0 Å². The highest BCUT2D eigenvalue weighted by Gasteiger charge is 2.55. The summed E-state index contributed by atoms with van der Waals surface area (Å²) in [4.78, 5) is 12.6. The summed E-state index contributed by atoms with van der Waals surface area (Å²) < 4.78 is 23.2. The molecule has 1 aliphatic carbocycles. The number of hydrogen-bond donors (Lipinski definition) is 0. The Morgan fingerprint density at radius 3 is 2.50 bits per heavy atom. The number of nitrogens with zero attached hydrogens (tertiary/aromatic N) is 1. The number of carbonyl (C=O) groups is 1. The van der Waals surface area contributed by atoms with Crippen molar-refractivity contribution in [3.8, 4) is 6.07 Å². The Kier molecular flexibility index (Phi) is 3.05. The van der Waals surface area contributed by atoms with Gasteiger partial charge in [-0.05, 0) is 25.2 Å². The van der Waals surface area contributed by atoms with Gasteiger partial charge < -0.3 is 0 Å². The minimum absolute atomic E-state index is 0.00236. The number of nitriles is 1. The SMILES string of the molecule is CC1(C)CCCC(C#N)(C2CCS(=O)(=O)C2)C1=O. The van der Waals surface area contributed by atoms with E-state index in [0.29, 0.717) is 12.8 Å². The van der Waals surface area contributed by atoms with Crippen LogP contribution in [0.1, 0.15) is 39.5 Å². The molecule has 2 rings (SSSR count). The van der Waals surface area contributed by atoms with E-state index in [1.165, 1.54) is 0 Å². The van der Waals surface area contributed by atoms with E-state index in [2.05, 4.69) is 6.07 Å². The summed E-state index contributed by atoms with van der Waals surface area (Å²) in [7, 11) is -3.06. The molecule has 5 heteroatoms. The van der Waals surface area contributed by atoms with Crippen LogP contribution in [0.3, 0.4) is 0 Å². The summed E-state index contributed by atoms with van der Waals surface area (Å²) in [5.41, 5.74) is -1.56. The van der Waals surface area contributed by atoms with Gasteiger partial charge in [-0.15, -0.1) is 0 Å². The fourth-order valence-corrected chi connectivity index (χ4v) is 5.29. The van der Waals surface area contributed by atoms with Gasteiger partial charge in [0, 0.05) is 5.41 Å². The number of carbonyl (C=O) groups excluding carboxylic acids is 1. The summed E-state index contributed by atoms with van der Waals surface area (Å²) in [5.74, 6) is -0.234. The molecule has 1 saturated carbocycles. The summed E-state index contributed by atoms with van der Waals surface area (Å²) in [6, 6.07) is 2.19. The number of ketones is 1. The van der Waals surface area contributed by atoms with Crippen LogP contribution in [0.2, 0.25) is 0 Å². The van der Waals surface area contributed by atoms with Crippen molar-refractivity contribution in [2.45, 2.75) is 39.5 Å². The lowest BCUT2D eigenvalue weighted by Gasteiger charge is -2.41. The highest BCUT2D eigenvalue weighted by atomic mass is 32.2. The molecule has 100 valence electrons. The van der Waals surface area contributed by atoms with Crippen LogP contribution < -0.4 is 0 Å². The van der Waals surface area contributed by atoms with Crippen LogP contribution in [0.25, 0.3) is 0 Å². The van der Waals surface area contributed by atoms with Gasteiger partial charge in [0.05, 0.1) is 17.6 Å². The highest BCUT2D eigenvalue weighted by Crippen LogP contribution is 2.49. The molecule has 4 nitrogen and oxygen atoms in total. The van der Waals surface area contributed by atoms with Gasteiger partial charge in [-0.2, -0.15) is 5.26 Å². The molecule has 0 spiro atoms. The van der Waals surface area contributed by atoms with Gasteiger partial charge >= 0.3 is 0 Å². The summed E-state index contributed by atoms with van der Waals surface area (Å²) >= 11 is 0. The number of hydrogen-bond acceptors (Lipinski definition) is 4. The number of sulfone groups is 1. The number of rotatable bonds is 1. The predicted molar refractivity (Wildman–Crippen MR) is 67.4 cm³/mol. The first-order valence-corrected chi connectivity index (χ1v) is 8.22. The van der Waals surface area contributed by atoms with Gasteiger partial charge in [-0.3, -0.25) is 4.79 Å². The van der Waals surface area contributed by atoms with E-state index in [1.54, 1.807) is 0 Å². The van der Waals surface area contributed by atoms with E-state index in [-0.39, 0.29) is 23.2 Å². The van der Waals surface area contributed by atoms with Gasteiger partial charge in [0.25, 0.3) is 0 Å². The molecule has 1 saturated heterocycles. The van der Waals surface area contributed by atoms with Crippen molar-refractivity contribution >= 4 is 15.6 Å². The highest BCUT2D eigenvalue weighted by molar-refractivity contribution is 7.91. The van der Waals surface area contributed by atoms with Crippen molar-refractivity contribution in [2.75, 3.05) is 11.5 Å². The van der Waals surface area contributed by atoms with E-state index < -0.39 is 20.7 Å². The van der Waals surface area contributed by atoms with Gasteiger partial charge in [-0.1, -0.05) is 20.3 Å². The Hall–Kier alpha value is -0.890. The minimum Gasteiger partial charge on any atom is -0.297 e. The van der Waals surface area contributed by atoms with Crippen molar-refractivity contribution < 1.29 is 13.2 Å². The normalized spacial score (nSPS) is 38.3. The Labute approximate surface area is 108 Å². The first-order valence-electron chi connectivity index (χ1n) is 6.40. The van der Waals surface area contributed by atoms with E-state index >= 15 is 0 Å². The van der Waals surface area contributed by atoms with Crippen molar-refractivity contribution in [3.05, 3.63) is 0 Å². The zero-order valence-electron chi connectivity index (χ0n) is 10.9. The maximum absolute atomic E-state index is 12.6. The zero-order valence-corrected chi connectivity index (χ0v) is 11.7. The second kappa shape index (κ2) is 4.06. The molecule has 2 atom stereocenters. The Bertz CT molecular complexity index is 515. The van der Waals surface area contributed by atoms with E-state index in [1.807, 2.05) is 13.8 Å². The third-order valence-electron chi connectivity index (χ3n) is 4.52. The Morgan fingerprint density at radius 1 is 1.33 bits per heavy atom. The zero-order chi connectivity index (χ0) is 13.6. The average molecular weight is 269 g/mol. The fourth-order valence-electron chi connectivity index (χ4n) is 3.41. The van der Waals surface area contributed by atoms with Crippen LogP contribution in [0.4, 0.5) is 0 Å². The van der Waals surface area contributed by atoms with E-state index in [9.17, 15) is 18.5 Å². The van der Waals surface area contributed by atoms with Crippen molar-refractivity contribution in [2.24, 2.45) is 16.7 Å². The molecule has 0 aromatic carbocycles. The molecular weight excluding hydrogens is 250 g/mol. The Morgan fingerprint density at radius 2 is 2.00 bits per heavy atom. The molecule has 0 amide bonds. The molecule has 0 radical (unpaired) electrons. The molecule has 18 heavy (non-hydrogen) atoms. The fraction of sp³-hybridized carbons (Fsp3) is 0.846.